The summed E-state index contributed by atoms with van der Waals surface area (Å²) in [7, 11) is 0. The van der Waals surface area contributed by atoms with Gasteiger partial charge in [0.25, 0.3) is 0 Å². The van der Waals surface area contributed by atoms with E-state index in [9.17, 15) is 14.4 Å². The molecule has 0 aliphatic carbocycles. The highest BCUT2D eigenvalue weighted by atomic mass is 16.6. The van der Waals surface area contributed by atoms with Crippen molar-refractivity contribution in [3.63, 3.8) is 0 Å². The Labute approximate surface area is 121 Å². The smallest absolute Gasteiger partial charge is 0.415 e. The van der Waals surface area contributed by atoms with Gasteiger partial charge < -0.3 is 14.8 Å². The highest BCUT2D eigenvalue weighted by Crippen LogP contribution is 2.10. The van der Waals surface area contributed by atoms with Gasteiger partial charge in [0.1, 0.15) is 12.6 Å². The molecule has 0 aromatic heterocycles. The first-order valence-electron chi connectivity index (χ1n) is 6.47. The highest BCUT2D eigenvalue weighted by Gasteiger charge is 2.32. The van der Waals surface area contributed by atoms with Crippen LogP contribution in [0.3, 0.4) is 0 Å². The second-order valence-corrected chi connectivity index (χ2v) is 4.55. The summed E-state index contributed by atoms with van der Waals surface area (Å²) in [5.74, 6) is -1.09. The number of carbonyl (C=O) groups is 3. The summed E-state index contributed by atoms with van der Waals surface area (Å²) in [4.78, 5) is 33.5. The first kappa shape index (κ1) is 14.8. The number of rotatable bonds is 6. The number of hydrogen-bond acceptors (Lipinski definition) is 5. The fraction of sp³-hybridized carbons (Fsp3) is 0.267. The number of carbonyl (C=O) groups excluding carboxylic acids is 3. The third-order valence-electron chi connectivity index (χ3n) is 3.02. The minimum Gasteiger partial charge on any atom is -0.461 e. The van der Waals surface area contributed by atoms with Gasteiger partial charge >= 0.3 is 18.0 Å². The summed E-state index contributed by atoms with van der Waals surface area (Å²) in [6.45, 7) is 3.82. The van der Waals surface area contributed by atoms with Crippen molar-refractivity contribution >= 4 is 24.1 Å². The van der Waals surface area contributed by atoms with Crippen LogP contribution in [0, 0.1) is 0 Å². The molecule has 110 valence electrons. The normalized spacial score (nSPS) is 17.0. The van der Waals surface area contributed by atoms with Gasteiger partial charge in [-0.05, 0) is 17.5 Å². The maximum atomic E-state index is 11.6. The van der Waals surface area contributed by atoms with E-state index in [2.05, 4.69) is 16.6 Å². The molecule has 21 heavy (non-hydrogen) atoms. The van der Waals surface area contributed by atoms with Gasteiger partial charge in [-0.15, -0.1) is 0 Å². The summed E-state index contributed by atoms with van der Waals surface area (Å²) >= 11 is 0. The number of alkyl carbamates (subject to hydrolysis) is 1. The Kier molecular flexibility index (Phi) is 4.71. The van der Waals surface area contributed by atoms with E-state index in [-0.39, 0.29) is 19.4 Å². The maximum absolute atomic E-state index is 11.6. The summed E-state index contributed by atoms with van der Waals surface area (Å²) in [6.07, 6.45) is 1.15. The fourth-order valence-electron chi connectivity index (χ4n) is 1.83. The first-order chi connectivity index (χ1) is 10.1. The average molecular weight is 289 g/mol. The molecule has 1 unspecified atom stereocenters. The number of benzene rings is 1. The molecule has 0 radical (unpaired) electrons. The van der Waals surface area contributed by atoms with Crippen molar-refractivity contribution in [2.24, 2.45) is 0 Å². The van der Waals surface area contributed by atoms with Gasteiger partial charge in [0, 0.05) is 6.42 Å². The second kappa shape index (κ2) is 6.69. The lowest BCUT2D eigenvalue weighted by Crippen LogP contribution is -2.29. The number of amides is 1. The topological polar surface area (TPSA) is 81.7 Å². The molecule has 0 spiro atoms. The minimum absolute atomic E-state index is 0.0325. The number of nitrogens with one attached hydrogen (secondary N) is 1. The highest BCUT2D eigenvalue weighted by molar-refractivity contribution is 5.95. The third kappa shape index (κ3) is 4.17. The van der Waals surface area contributed by atoms with Crippen LogP contribution in [-0.4, -0.2) is 24.1 Å². The molecule has 1 heterocycles. The van der Waals surface area contributed by atoms with Crippen LogP contribution in [0.25, 0.3) is 6.08 Å². The predicted molar refractivity (Wildman–Crippen MR) is 74.0 cm³/mol. The van der Waals surface area contributed by atoms with Gasteiger partial charge in [-0.3, -0.25) is 4.79 Å². The van der Waals surface area contributed by atoms with Crippen molar-refractivity contribution in [1.82, 2.24) is 5.32 Å². The number of cyclic esters (lactones) is 2. The van der Waals surface area contributed by atoms with Gasteiger partial charge in [-0.1, -0.05) is 36.9 Å². The van der Waals surface area contributed by atoms with Crippen LogP contribution in [0.15, 0.2) is 30.8 Å². The molecule has 1 aromatic rings. The lowest BCUT2D eigenvalue weighted by molar-refractivity contribution is -0.145. The molecule has 1 aromatic carbocycles. The zero-order valence-corrected chi connectivity index (χ0v) is 11.3. The molecule has 1 aliphatic heterocycles. The van der Waals surface area contributed by atoms with E-state index in [1.54, 1.807) is 6.08 Å². The minimum atomic E-state index is -0.777. The monoisotopic (exact) mass is 289 g/mol. The van der Waals surface area contributed by atoms with Crippen molar-refractivity contribution in [3.8, 4) is 0 Å². The van der Waals surface area contributed by atoms with Crippen molar-refractivity contribution < 1.29 is 23.9 Å². The van der Waals surface area contributed by atoms with Gasteiger partial charge in [0.05, 0.1) is 0 Å². The van der Waals surface area contributed by atoms with E-state index in [1.165, 1.54) is 0 Å². The zero-order valence-electron chi connectivity index (χ0n) is 11.3. The van der Waals surface area contributed by atoms with Crippen LogP contribution in [0.4, 0.5) is 4.79 Å². The standard InChI is InChI=1S/C15H15NO5/c1-2-10-3-5-11(6-4-10)9-20-13(17)8-7-12-14(18)21-15(19)16-12/h2-6,12H,1,7-9H2,(H,16,19). The van der Waals surface area contributed by atoms with Gasteiger partial charge in [-0.2, -0.15) is 0 Å². The second-order valence-electron chi connectivity index (χ2n) is 4.55. The van der Waals surface area contributed by atoms with Crippen LogP contribution in [0.2, 0.25) is 0 Å². The summed E-state index contributed by atoms with van der Waals surface area (Å²) in [6, 6.07) is 6.68. The zero-order chi connectivity index (χ0) is 15.2. The van der Waals surface area contributed by atoms with Gasteiger partial charge in [-0.25, -0.2) is 9.59 Å². The van der Waals surface area contributed by atoms with Gasteiger partial charge in [0.2, 0.25) is 0 Å². The summed E-state index contributed by atoms with van der Waals surface area (Å²) < 4.78 is 9.40. The van der Waals surface area contributed by atoms with Gasteiger partial charge in [0.15, 0.2) is 0 Å². The van der Waals surface area contributed by atoms with E-state index < -0.39 is 24.1 Å². The predicted octanol–water partition coefficient (Wildman–Crippen LogP) is 1.79. The number of esters is 2. The Morgan fingerprint density at radius 2 is 2.05 bits per heavy atom. The molecule has 1 fully saturated rings. The Bertz CT molecular complexity index is 564. The average Bonchev–Trinajstić information content (AvgIpc) is 2.81. The van der Waals surface area contributed by atoms with Crippen LogP contribution < -0.4 is 5.32 Å². The van der Waals surface area contributed by atoms with E-state index in [0.29, 0.717) is 0 Å². The van der Waals surface area contributed by atoms with Crippen LogP contribution in [0.5, 0.6) is 0 Å². The molecule has 6 heteroatoms. The van der Waals surface area contributed by atoms with E-state index in [1.807, 2.05) is 24.3 Å². The Hall–Kier alpha value is -2.63. The molecule has 1 atom stereocenters. The fourth-order valence-corrected chi connectivity index (χ4v) is 1.83. The molecule has 1 N–H and O–H groups in total. The first-order valence-corrected chi connectivity index (χ1v) is 6.47. The molecule has 1 amide bonds. The summed E-state index contributed by atoms with van der Waals surface area (Å²) in [5.41, 5.74) is 1.85. The molecule has 0 bridgehead atoms. The number of hydrogen-bond donors (Lipinski definition) is 1. The van der Waals surface area contributed by atoms with Crippen LogP contribution in [-0.2, 0) is 25.7 Å². The molecule has 1 aliphatic rings. The molecular formula is C15H15NO5. The van der Waals surface area contributed by atoms with E-state index in [0.717, 1.165) is 11.1 Å². The Morgan fingerprint density at radius 1 is 1.33 bits per heavy atom. The Balaban J connectivity index is 1.73. The van der Waals surface area contributed by atoms with Crippen molar-refractivity contribution in [2.45, 2.75) is 25.5 Å². The molecule has 2 rings (SSSR count). The van der Waals surface area contributed by atoms with E-state index in [4.69, 9.17) is 4.74 Å². The maximum Gasteiger partial charge on any atom is 0.415 e. The number of ether oxygens (including phenoxy) is 2. The Morgan fingerprint density at radius 3 is 2.62 bits per heavy atom. The molecule has 1 saturated heterocycles. The molecular weight excluding hydrogens is 274 g/mol. The lowest BCUT2D eigenvalue weighted by Gasteiger charge is -2.07. The van der Waals surface area contributed by atoms with Crippen molar-refractivity contribution in [2.75, 3.05) is 0 Å². The SMILES string of the molecule is C=Cc1ccc(COC(=O)CCC2NC(=O)OC2=O)cc1. The molecule has 6 nitrogen and oxygen atoms in total. The summed E-state index contributed by atoms with van der Waals surface area (Å²) in [5, 5.41) is 2.32. The third-order valence-corrected chi connectivity index (χ3v) is 3.02. The van der Waals surface area contributed by atoms with E-state index >= 15 is 0 Å². The largest absolute Gasteiger partial charge is 0.461 e. The quantitative estimate of drug-likeness (QED) is 0.637. The lowest BCUT2D eigenvalue weighted by atomic mass is 10.1. The van der Waals surface area contributed by atoms with Crippen molar-refractivity contribution in [1.29, 1.82) is 0 Å². The van der Waals surface area contributed by atoms with Crippen LogP contribution >= 0.6 is 0 Å². The van der Waals surface area contributed by atoms with Crippen molar-refractivity contribution in [3.05, 3.63) is 42.0 Å². The van der Waals surface area contributed by atoms with Crippen LogP contribution in [0.1, 0.15) is 24.0 Å². The molecule has 0 saturated carbocycles.